The van der Waals surface area contributed by atoms with Crippen LogP contribution in [0.25, 0.3) is 32.9 Å². The first-order valence-electron chi connectivity index (χ1n) is 17.0. The van der Waals surface area contributed by atoms with E-state index in [0.29, 0.717) is 71.0 Å². The largest absolute Gasteiger partial charge is 0.416 e. The number of alkyl halides is 3. The Morgan fingerprint density at radius 3 is 2.40 bits per heavy atom. The molecule has 2 unspecified atom stereocenters. The second-order valence-electron chi connectivity index (χ2n) is 13.2. The first kappa shape index (κ1) is 33.2. The van der Waals surface area contributed by atoms with Gasteiger partial charge >= 0.3 is 6.18 Å². The monoisotopic (exact) mass is 696 g/mol. The van der Waals surface area contributed by atoms with E-state index in [1.54, 1.807) is 47.5 Å². The minimum atomic E-state index is -4.60. The van der Waals surface area contributed by atoms with Crippen LogP contribution in [-0.2, 0) is 15.7 Å². The van der Waals surface area contributed by atoms with Crippen molar-refractivity contribution in [2.24, 2.45) is 0 Å². The SMILES string of the molecule is Cc1c(C(=O)N2CCOCC2)c2c3c(ccc2c2ccccc12)C(c1cccc(C(F)(F)F)c1)C(=O)CC3c1ccnc(-c2ccc(C#N)cc2)n1. The number of amides is 1. The van der Waals surface area contributed by atoms with Gasteiger partial charge < -0.3 is 9.64 Å². The van der Waals surface area contributed by atoms with Gasteiger partial charge in [-0.1, -0.05) is 54.6 Å². The molecule has 52 heavy (non-hydrogen) atoms. The Hall–Kier alpha value is -5.92. The van der Waals surface area contributed by atoms with Gasteiger partial charge in [0.05, 0.1) is 47.6 Å². The number of morpholine rings is 1. The van der Waals surface area contributed by atoms with Crippen molar-refractivity contribution in [3.8, 4) is 17.5 Å². The first-order valence-corrected chi connectivity index (χ1v) is 17.0. The van der Waals surface area contributed by atoms with Gasteiger partial charge in [0.2, 0.25) is 0 Å². The normalized spacial score (nSPS) is 17.6. The second-order valence-corrected chi connectivity index (χ2v) is 13.2. The van der Waals surface area contributed by atoms with Crippen LogP contribution < -0.4 is 0 Å². The summed E-state index contributed by atoms with van der Waals surface area (Å²) in [4.78, 5) is 40.3. The summed E-state index contributed by atoms with van der Waals surface area (Å²) in [5.41, 5.74) is 3.60. The van der Waals surface area contributed by atoms with Crippen LogP contribution in [-0.4, -0.2) is 52.9 Å². The van der Waals surface area contributed by atoms with Crippen molar-refractivity contribution in [3.05, 3.63) is 142 Å². The number of aryl methyl sites for hydroxylation is 1. The number of nitriles is 1. The maximum Gasteiger partial charge on any atom is 0.416 e. The van der Waals surface area contributed by atoms with Crippen LogP contribution >= 0.6 is 0 Å². The number of rotatable bonds is 4. The molecule has 0 radical (unpaired) electrons. The molecular formula is C42H31F3N4O3. The molecule has 258 valence electrons. The number of carbonyl (C=O) groups excluding carboxylic acids is 2. The standard InChI is InChI=1S/C42H31F3N4O3/c1-24-29-7-2-3-8-30(29)31-13-14-32-37(27-5-4-6-28(21-27)42(43,44)45)35(50)22-33(38(32)39(31)36(24)41(51)49-17-19-52-20-18-49)34-15-16-47-40(48-34)26-11-9-25(23-46)10-12-26/h2-16,21,33,37H,17-20,22H2,1H3. The summed E-state index contributed by atoms with van der Waals surface area (Å²) in [6.45, 7) is 3.56. The van der Waals surface area contributed by atoms with Crippen molar-refractivity contribution in [1.82, 2.24) is 14.9 Å². The molecule has 10 heteroatoms. The number of halogens is 3. The average Bonchev–Trinajstić information content (AvgIpc) is 3.17. The minimum Gasteiger partial charge on any atom is -0.378 e. The Kier molecular flexibility index (Phi) is 8.31. The zero-order valence-corrected chi connectivity index (χ0v) is 28.1. The Morgan fingerprint density at radius 1 is 0.923 bits per heavy atom. The van der Waals surface area contributed by atoms with Crippen LogP contribution in [0.15, 0.2) is 97.2 Å². The average molecular weight is 697 g/mol. The fourth-order valence-corrected chi connectivity index (χ4v) is 7.82. The number of fused-ring (bicyclic) bond motifs is 5. The predicted molar refractivity (Wildman–Crippen MR) is 190 cm³/mol. The molecular weight excluding hydrogens is 665 g/mol. The number of benzene rings is 5. The molecule has 7 nitrogen and oxygen atoms in total. The molecule has 1 aromatic heterocycles. The molecule has 1 fully saturated rings. The Bertz CT molecular complexity index is 2450. The number of carbonyl (C=O) groups is 2. The summed E-state index contributed by atoms with van der Waals surface area (Å²) in [6.07, 6.45) is -3.04. The van der Waals surface area contributed by atoms with Crippen LogP contribution in [0.5, 0.6) is 0 Å². The van der Waals surface area contributed by atoms with Crippen LogP contribution in [0, 0.1) is 18.3 Å². The van der Waals surface area contributed by atoms with E-state index in [-0.39, 0.29) is 23.7 Å². The molecule has 1 aliphatic carbocycles. The molecule has 2 aliphatic rings. The molecule has 2 atom stereocenters. The van der Waals surface area contributed by atoms with E-state index >= 15 is 0 Å². The summed E-state index contributed by atoms with van der Waals surface area (Å²) in [5, 5.41) is 12.6. The molecule has 1 saturated heterocycles. The fourth-order valence-electron chi connectivity index (χ4n) is 7.82. The molecule has 1 amide bonds. The fraction of sp³-hybridized carbons (Fsp3) is 0.214. The van der Waals surface area contributed by atoms with Gasteiger partial charge in [-0.15, -0.1) is 0 Å². The Morgan fingerprint density at radius 2 is 1.67 bits per heavy atom. The lowest BCUT2D eigenvalue weighted by Crippen LogP contribution is -2.41. The van der Waals surface area contributed by atoms with Crippen molar-refractivity contribution in [1.29, 1.82) is 5.26 Å². The van der Waals surface area contributed by atoms with Gasteiger partial charge in [0.15, 0.2) is 5.82 Å². The van der Waals surface area contributed by atoms with E-state index in [9.17, 15) is 28.0 Å². The quantitative estimate of drug-likeness (QED) is 0.172. The van der Waals surface area contributed by atoms with Gasteiger partial charge in [-0.3, -0.25) is 9.59 Å². The summed E-state index contributed by atoms with van der Waals surface area (Å²) in [5.74, 6) is -1.69. The molecule has 2 heterocycles. The molecule has 8 rings (SSSR count). The van der Waals surface area contributed by atoms with Crippen LogP contribution in [0.1, 0.15) is 67.7 Å². The van der Waals surface area contributed by atoms with Crippen molar-refractivity contribution in [2.75, 3.05) is 26.3 Å². The zero-order valence-electron chi connectivity index (χ0n) is 28.1. The van der Waals surface area contributed by atoms with Gasteiger partial charge in [-0.2, -0.15) is 18.4 Å². The molecule has 6 aromatic rings. The summed E-state index contributed by atoms with van der Waals surface area (Å²) in [7, 11) is 0. The Labute approximate surface area is 297 Å². The highest BCUT2D eigenvalue weighted by Crippen LogP contribution is 2.49. The lowest BCUT2D eigenvalue weighted by molar-refractivity contribution is -0.137. The lowest BCUT2D eigenvalue weighted by Gasteiger charge is -2.34. The molecule has 1 aliphatic heterocycles. The third-order valence-electron chi connectivity index (χ3n) is 10.3. The van der Waals surface area contributed by atoms with Crippen molar-refractivity contribution in [2.45, 2.75) is 31.4 Å². The molecule has 5 aromatic carbocycles. The smallest absolute Gasteiger partial charge is 0.378 e. The molecule has 0 N–H and O–H groups in total. The van der Waals surface area contributed by atoms with Gasteiger partial charge in [-0.25, -0.2) is 9.97 Å². The highest BCUT2D eigenvalue weighted by molar-refractivity contribution is 6.21. The second kappa shape index (κ2) is 13.0. The number of aromatic nitrogens is 2. The first-order chi connectivity index (χ1) is 25.1. The maximum atomic E-state index is 14.7. The van der Waals surface area contributed by atoms with E-state index in [0.717, 1.165) is 33.9 Å². The van der Waals surface area contributed by atoms with Crippen molar-refractivity contribution in [3.63, 3.8) is 0 Å². The summed E-state index contributed by atoms with van der Waals surface area (Å²) >= 11 is 0. The summed E-state index contributed by atoms with van der Waals surface area (Å²) in [6, 6.07) is 27.2. The van der Waals surface area contributed by atoms with Gasteiger partial charge in [0, 0.05) is 37.2 Å². The number of ketones is 1. The third kappa shape index (κ3) is 5.67. The maximum absolute atomic E-state index is 14.7. The highest BCUT2D eigenvalue weighted by atomic mass is 19.4. The number of nitrogens with zero attached hydrogens (tertiary/aromatic N) is 4. The molecule has 0 saturated carbocycles. The number of hydrogen-bond donors (Lipinski definition) is 0. The van der Waals surface area contributed by atoms with Gasteiger partial charge in [-0.05, 0) is 87.1 Å². The zero-order chi connectivity index (χ0) is 36.1. The van der Waals surface area contributed by atoms with Gasteiger partial charge in [0.25, 0.3) is 5.91 Å². The topological polar surface area (TPSA) is 96.2 Å². The van der Waals surface area contributed by atoms with Crippen molar-refractivity contribution >= 4 is 33.2 Å². The minimum absolute atomic E-state index is 0.0616. The molecule has 0 spiro atoms. The van der Waals surface area contributed by atoms with Crippen LogP contribution in [0.2, 0.25) is 0 Å². The van der Waals surface area contributed by atoms with E-state index in [1.807, 2.05) is 43.3 Å². The van der Waals surface area contributed by atoms with Crippen LogP contribution in [0.3, 0.4) is 0 Å². The number of Topliss-reactive ketones (excluding diaryl/α,β-unsaturated/α-hetero) is 1. The summed E-state index contributed by atoms with van der Waals surface area (Å²) < 4.78 is 47.5. The predicted octanol–water partition coefficient (Wildman–Crippen LogP) is 8.36. The third-order valence-corrected chi connectivity index (χ3v) is 10.3. The highest BCUT2D eigenvalue weighted by Gasteiger charge is 2.40. The van der Waals surface area contributed by atoms with E-state index in [2.05, 4.69) is 11.1 Å². The Balaban J connectivity index is 1.43. The number of ether oxygens (including phenoxy) is 1. The number of hydrogen-bond acceptors (Lipinski definition) is 6. The van der Waals surface area contributed by atoms with E-state index in [1.165, 1.54) is 6.07 Å². The van der Waals surface area contributed by atoms with E-state index in [4.69, 9.17) is 9.72 Å². The molecule has 0 bridgehead atoms. The lowest BCUT2D eigenvalue weighted by atomic mass is 9.69. The van der Waals surface area contributed by atoms with E-state index < -0.39 is 23.6 Å². The van der Waals surface area contributed by atoms with Gasteiger partial charge in [0.1, 0.15) is 5.78 Å². The van der Waals surface area contributed by atoms with Crippen molar-refractivity contribution < 1.29 is 27.5 Å². The van der Waals surface area contributed by atoms with Crippen LogP contribution in [0.4, 0.5) is 13.2 Å².